The molecular formula is C51H96O12. The van der Waals surface area contributed by atoms with Gasteiger partial charge in [-0.25, -0.2) is 0 Å². The van der Waals surface area contributed by atoms with Crippen LogP contribution in [0.5, 0.6) is 5.75 Å². The zero-order valence-electron chi connectivity index (χ0n) is 40.6. The molecule has 1 aromatic rings. The molecule has 0 heterocycles. The molecule has 0 unspecified atom stereocenters. The minimum atomic E-state index is 0.516. The maximum Gasteiger partial charge on any atom is 0.119 e. The second-order valence-corrected chi connectivity index (χ2v) is 16.0. The van der Waals surface area contributed by atoms with Crippen LogP contribution in [0.4, 0.5) is 0 Å². The topological polar surface area (TPSA) is 111 Å². The van der Waals surface area contributed by atoms with E-state index in [1.54, 1.807) is 0 Å². The van der Waals surface area contributed by atoms with Gasteiger partial charge < -0.3 is 56.8 Å². The maximum atomic E-state index is 5.79. The normalized spacial score (nSPS) is 11.6. The summed E-state index contributed by atoms with van der Waals surface area (Å²) in [6, 6.07) is 8.45. The lowest BCUT2D eigenvalue weighted by molar-refractivity contribution is -0.0277. The molecule has 0 radical (unpaired) electrons. The predicted molar refractivity (Wildman–Crippen MR) is 254 cm³/mol. The van der Waals surface area contributed by atoms with E-state index in [0.717, 1.165) is 25.2 Å². The number of hydrogen-bond acceptors (Lipinski definition) is 12. The van der Waals surface area contributed by atoms with Crippen LogP contribution in [0.15, 0.2) is 24.3 Å². The van der Waals surface area contributed by atoms with E-state index in [1.807, 2.05) is 0 Å². The van der Waals surface area contributed by atoms with E-state index >= 15 is 0 Å². The second-order valence-electron chi connectivity index (χ2n) is 16.0. The van der Waals surface area contributed by atoms with Gasteiger partial charge in [0.25, 0.3) is 0 Å². The first-order chi connectivity index (χ1) is 31.4. The van der Waals surface area contributed by atoms with E-state index in [1.165, 1.54) is 121 Å². The fraction of sp³-hybridized carbons (Fsp3) is 0.882. The van der Waals surface area contributed by atoms with Crippen molar-refractivity contribution in [2.45, 2.75) is 142 Å². The van der Waals surface area contributed by atoms with Gasteiger partial charge in [-0.2, -0.15) is 0 Å². The average molecular weight is 901 g/mol. The van der Waals surface area contributed by atoms with Gasteiger partial charge >= 0.3 is 0 Å². The molecule has 1 aromatic carbocycles. The van der Waals surface area contributed by atoms with Crippen molar-refractivity contribution in [3.05, 3.63) is 29.8 Å². The van der Waals surface area contributed by atoms with Gasteiger partial charge in [0, 0.05) is 6.61 Å². The van der Waals surface area contributed by atoms with Crippen molar-refractivity contribution in [2.75, 3.05) is 152 Å². The third-order valence-electron chi connectivity index (χ3n) is 10.4. The minimum Gasteiger partial charge on any atom is -0.491 e. The average Bonchev–Trinajstić information content (AvgIpc) is 3.30. The Morgan fingerprint density at radius 3 is 0.778 bits per heavy atom. The molecule has 0 amide bonds. The van der Waals surface area contributed by atoms with Crippen LogP contribution < -0.4 is 4.74 Å². The Balaban J connectivity index is 1.64. The van der Waals surface area contributed by atoms with Gasteiger partial charge in [0.05, 0.1) is 139 Å². The number of benzene rings is 1. The molecule has 12 nitrogen and oxygen atoms in total. The molecule has 0 spiro atoms. The predicted octanol–water partition coefficient (Wildman–Crippen LogP) is 10.2. The summed E-state index contributed by atoms with van der Waals surface area (Å²) < 4.78 is 67.0. The smallest absolute Gasteiger partial charge is 0.119 e. The van der Waals surface area contributed by atoms with Crippen molar-refractivity contribution in [2.24, 2.45) is 0 Å². The molecule has 0 N–H and O–H groups in total. The summed E-state index contributed by atoms with van der Waals surface area (Å²) in [7, 11) is 0. The highest BCUT2D eigenvalue weighted by Gasteiger charge is 2.00. The molecule has 0 aliphatic carbocycles. The van der Waals surface area contributed by atoms with Crippen molar-refractivity contribution < 1.29 is 56.8 Å². The summed E-state index contributed by atoms with van der Waals surface area (Å²) in [6.07, 6.45) is 26.9. The summed E-state index contributed by atoms with van der Waals surface area (Å²) >= 11 is 0. The van der Waals surface area contributed by atoms with Gasteiger partial charge in [-0.1, -0.05) is 135 Å². The molecular weight excluding hydrogens is 805 g/mol. The molecule has 0 aliphatic rings. The molecule has 12 heteroatoms. The van der Waals surface area contributed by atoms with Crippen molar-refractivity contribution in [1.29, 1.82) is 0 Å². The van der Waals surface area contributed by atoms with Crippen LogP contribution in [-0.2, 0) is 58.5 Å². The van der Waals surface area contributed by atoms with Crippen LogP contribution in [0.25, 0.3) is 0 Å². The lowest BCUT2D eigenvalue weighted by Gasteiger charge is -2.09. The van der Waals surface area contributed by atoms with E-state index in [-0.39, 0.29) is 0 Å². The minimum absolute atomic E-state index is 0.516. The Bertz CT molecular complexity index is 972. The Kier molecular flexibility index (Phi) is 50.3. The van der Waals surface area contributed by atoms with Gasteiger partial charge in [-0.05, 0) is 37.0 Å². The first-order valence-corrected chi connectivity index (χ1v) is 25.4. The van der Waals surface area contributed by atoms with E-state index in [0.29, 0.717) is 145 Å². The van der Waals surface area contributed by atoms with Crippen molar-refractivity contribution in [3.8, 4) is 5.75 Å². The number of ether oxygens (including phenoxy) is 12. The van der Waals surface area contributed by atoms with Crippen molar-refractivity contribution in [1.82, 2.24) is 0 Å². The fourth-order valence-corrected chi connectivity index (χ4v) is 6.60. The van der Waals surface area contributed by atoms with Gasteiger partial charge in [0.2, 0.25) is 0 Å². The van der Waals surface area contributed by atoms with Gasteiger partial charge in [0.15, 0.2) is 0 Å². The molecule has 0 saturated heterocycles. The third-order valence-corrected chi connectivity index (χ3v) is 10.4. The fourth-order valence-electron chi connectivity index (χ4n) is 6.60. The quantitative estimate of drug-likeness (QED) is 0.0581. The Morgan fingerprint density at radius 2 is 0.476 bits per heavy atom. The largest absolute Gasteiger partial charge is 0.491 e. The SMILES string of the molecule is CCCCCCCCCCCCCCCOCCOCCOCCOCCOCCOCCOCCOCCOCCOCCOCCOc1ccc(CCCCCCCC)cc1. The monoisotopic (exact) mass is 901 g/mol. The molecule has 0 aliphatic heterocycles. The molecule has 0 fully saturated rings. The van der Waals surface area contributed by atoms with E-state index in [2.05, 4.69) is 38.1 Å². The lowest BCUT2D eigenvalue weighted by Crippen LogP contribution is -2.15. The number of rotatable bonds is 55. The van der Waals surface area contributed by atoms with Crippen LogP contribution >= 0.6 is 0 Å². The standard InChI is InChI=1S/C51H96O12/c1-3-5-7-9-11-12-13-14-15-16-17-19-21-27-52-28-29-53-30-31-54-32-33-55-34-35-56-36-37-57-38-39-58-40-41-59-42-43-60-44-45-61-46-47-62-48-49-63-51-25-23-50(24-26-51)22-20-18-10-8-6-4-2/h23-26H,3-22,27-49H2,1-2H3. The number of hydrogen-bond donors (Lipinski definition) is 0. The van der Waals surface area contributed by atoms with Crippen LogP contribution in [0.3, 0.4) is 0 Å². The number of unbranched alkanes of at least 4 members (excludes halogenated alkanes) is 17. The van der Waals surface area contributed by atoms with Crippen molar-refractivity contribution >= 4 is 0 Å². The molecule has 0 saturated carbocycles. The highest BCUT2D eigenvalue weighted by molar-refractivity contribution is 5.27. The molecule has 372 valence electrons. The summed E-state index contributed by atoms with van der Waals surface area (Å²) in [5.41, 5.74) is 1.38. The maximum absolute atomic E-state index is 5.79. The Morgan fingerprint density at radius 1 is 0.238 bits per heavy atom. The Labute approximate surface area is 385 Å². The van der Waals surface area contributed by atoms with Crippen LogP contribution in [0.2, 0.25) is 0 Å². The Hall–Kier alpha value is -1.42. The summed E-state index contributed by atoms with van der Waals surface area (Å²) in [5, 5.41) is 0. The van der Waals surface area contributed by atoms with Crippen molar-refractivity contribution in [3.63, 3.8) is 0 Å². The van der Waals surface area contributed by atoms with Crippen LogP contribution in [0.1, 0.15) is 141 Å². The van der Waals surface area contributed by atoms with Gasteiger partial charge in [0.1, 0.15) is 12.4 Å². The molecule has 0 atom stereocenters. The molecule has 0 aromatic heterocycles. The first kappa shape index (κ1) is 59.6. The summed E-state index contributed by atoms with van der Waals surface area (Å²) in [5.74, 6) is 0.887. The van der Waals surface area contributed by atoms with E-state index < -0.39 is 0 Å². The zero-order chi connectivity index (χ0) is 44.9. The molecule has 0 bridgehead atoms. The highest BCUT2D eigenvalue weighted by Crippen LogP contribution is 2.16. The second kappa shape index (κ2) is 53.2. The van der Waals surface area contributed by atoms with E-state index in [4.69, 9.17) is 56.8 Å². The number of aryl methyl sites for hydroxylation is 1. The third kappa shape index (κ3) is 48.3. The highest BCUT2D eigenvalue weighted by atomic mass is 16.6. The first-order valence-electron chi connectivity index (χ1n) is 25.4. The lowest BCUT2D eigenvalue weighted by atomic mass is 10.0. The molecule has 63 heavy (non-hydrogen) atoms. The summed E-state index contributed by atoms with van der Waals surface area (Å²) in [4.78, 5) is 0. The van der Waals surface area contributed by atoms with Crippen LogP contribution in [-0.4, -0.2) is 152 Å². The van der Waals surface area contributed by atoms with Gasteiger partial charge in [-0.15, -0.1) is 0 Å². The van der Waals surface area contributed by atoms with Crippen LogP contribution in [0, 0.1) is 0 Å². The summed E-state index contributed by atoms with van der Waals surface area (Å²) in [6.45, 7) is 17.2. The molecule has 1 rings (SSSR count). The van der Waals surface area contributed by atoms with Gasteiger partial charge in [-0.3, -0.25) is 0 Å². The zero-order valence-corrected chi connectivity index (χ0v) is 40.6. The van der Waals surface area contributed by atoms with E-state index in [9.17, 15) is 0 Å².